The summed E-state index contributed by atoms with van der Waals surface area (Å²) in [6.07, 6.45) is -0.329. The summed E-state index contributed by atoms with van der Waals surface area (Å²) in [5.74, 6) is 0.450. The van der Waals surface area contributed by atoms with Crippen molar-refractivity contribution in [3.8, 4) is 0 Å². The Morgan fingerprint density at radius 2 is 1.57 bits per heavy atom. The van der Waals surface area contributed by atoms with Crippen LogP contribution in [0.2, 0.25) is 0 Å². The topological polar surface area (TPSA) is 35.5 Å². The largest absolute Gasteiger partial charge is 0.352 e. The second-order valence-electron chi connectivity index (χ2n) is 3.96. The predicted molar refractivity (Wildman–Crippen MR) is 59.8 cm³/mol. The van der Waals surface area contributed by atoms with Gasteiger partial charge in [-0.25, -0.2) is 0 Å². The van der Waals surface area contributed by atoms with Crippen LogP contribution in [0.25, 0.3) is 0 Å². The number of ether oxygens (including phenoxy) is 2. The van der Waals surface area contributed by atoms with E-state index < -0.39 is 10.8 Å². The van der Waals surface area contributed by atoms with Gasteiger partial charge >= 0.3 is 0 Å². The Balaban J connectivity index is 4.08. The third-order valence-corrected chi connectivity index (χ3v) is 3.62. The van der Waals surface area contributed by atoms with E-state index in [1.54, 1.807) is 0 Å². The van der Waals surface area contributed by atoms with Crippen LogP contribution in [0.15, 0.2) is 0 Å². The van der Waals surface area contributed by atoms with Crippen LogP contribution in [0.4, 0.5) is 0 Å². The maximum absolute atomic E-state index is 11.8. The Labute approximate surface area is 89.6 Å². The van der Waals surface area contributed by atoms with E-state index in [1.165, 1.54) is 0 Å². The quantitative estimate of drug-likeness (QED) is 0.644. The lowest BCUT2D eigenvalue weighted by Gasteiger charge is -2.22. The highest BCUT2D eigenvalue weighted by Gasteiger charge is 2.23. The molecule has 0 fully saturated rings. The molecule has 0 rings (SSSR count). The first-order valence-corrected chi connectivity index (χ1v) is 6.35. The summed E-state index contributed by atoms with van der Waals surface area (Å²) in [7, 11) is -0.920. The Morgan fingerprint density at radius 3 is 1.86 bits per heavy atom. The number of hydrogen-bond donors (Lipinski definition) is 0. The van der Waals surface area contributed by atoms with Gasteiger partial charge in [0.15, 0.2) is 6.29 Å². The van der Waals surface area contributed by atoms with Crippen LogP contribution >= 0.6 is 0 Å². The average molecular weight is 222 g/mol. The first kappa shape index (κ1) is 14.1. The molecule has 0 aliphatic heterocycles. The average Bonchev–Trinajstić information content (AvgIpc) is 2.03. The molecule has 1 atom stereocenters. The lowest BCUT2D eigenvalue weighted by molar-refractivity contribution is -0.120. The molecule has 0 aromatic carbocycles. The molecule has 0 bridgehead atoms. The molecule has 0 heterocycles. The van der Waals surface area contributed by atoms with E-state index in [9.17, 15) is 4.21 Å². The molecule has 0 amide bonds. The van der Waals surface area contributed by atoms with E-state index in [4.69, 9.17) is 9.47 Å². The van der Waals surface area contributed by atoms with Crippen molar-refractivity contribution in [2.45, 2.75) is 45.7 Å². The molecule has 0 N–H and O–H groups in total. The van der Waals surface area contributed by atoms with Crippen molar-refractivity contribution >= 4 is 10.8 Å². The van der Waals surface area contributed by atoms with Crippen LogP contribution in [-0.4, -0.2) is 34.2 Å². The zero-order chi connectivity index (χ0) is 11.2. The van der Waals surface area contributed by atoms with Crippen molar-refractivity contribution in [2.75, 3.05) is 19.0 Å². The van der Waals surface area contributed by atoms with E-state index in [0.717, 1.165) is 0 Å². The summed E-state index contributed by atoms with van der Waals surface area (Å²) in [6.45, 7) is 10.9. The molecule has 4 heteroatoms. The molecule has 0 saturated heterocycles. The lowest BCUT2D eigenvalue weighted by atomic mass is 10.3. The highest BCUT2D eigenvalue weighted by Crippen LogP contribution is 2.13. The Morgan fingerprint density at radius 1 is 1.14 bits per heavy atom. The zero-order valence-corrected chi connectivity index (χ0v) is 10.6. The lowest BCUT2D eigenvalue weighted by Crippen LogP contribution is -2.32. The van der Waals surface area contributed by atoms with E-state index in [-0.39, 0.29) is 11.0 Å². The van der Waals surface area contributed by atoms with E-state index in [2.05, 4.69) is 0 Å². The molecule has 0 aliphatic rings. The van der Waals surface area contributed by atoms with Crippen molar-refractivity contribution in [2.24, 2.45) is 0 Å². The molecule has 86 valence electrons. The summed E-state index contributed by atoms with van der Waals surface area (Å²) in [6, 6.07) is 0. The second-order valence-corrected chi connectivity index (χ2v) is 6.21. The van der Waals surface area contributed by atoms with Gasteiger partial charge in [0, 0.05) is 28.8 Å². The summed E-state index contributed by atoms with van der Waals surface area (Å²) in [4.78, 5) is 0. The van der Waals surface area contributed by atoms with Crippen molar-refractivity contribution < 1.29 is 13.7 Å². The van der Waals surface area contributed by atoms with Crippen LogP contribution in [0, 0.1) is 0 Å². The van der Waals surface area contributed by atoms with E-state index >= 15 is 0 Å². The summed E-state index contributed by atoms with van der Waals surface area (Å²) < 4.78 is 22.2. The van der Waals surface area contributed by atoms with Gasteiger partial charge in [-0.2, -0.15) is 0 Å². The molecule has 0 aromatic heterocycles. The van der Waals surface area contributed by atoms with Gasteiger partial charge in [-0.3, -0.25) is 4.21 Å². The van der Waals surface area contributed by atoms with Crippen molar-refractivity contribution in [1.29, 1.82) is 0 Å². The first-order chi connectivity index (χ1) is 6.41. The fraction of sp³-hybridized carbons (Fsp3) is 1.00. The number of hydrogen-bond acceptors (Lipinski definition) is 3. The monoisotopic (exact) mass is 222 g/mol. The van der Waals surface area contributed by atoms with Gasteiger partial charge in [0.05, 0.1) is 5.75 Å². The predicted octanol–water partition coefficient (Wildman–Crippen LogP) is 1.93. The molecular weight excluding hydrogens is 200 g/mol. The molecule has 1 unspecified atom stereocenters. The SMILES string of the molecule is CCOC(CS(=O)C(C)(C)C)OCC. The molecule has 14 heavy (non-hydrogen) atoms. The van der Waals surface area contributed by atoms with Crippen molar-refractivity contribution in [3.63, 3.8) is 0 Å². The molecule has 0 saturated carbocycles. The van der Waals surface area contributed by atoms with Gasteiger partial charge in [0.2, 0.25) is 0 Å². The highest BCUT2D eigenvalue weighted by molar-refractivity contribution is 7.86. The Hall–Kier alpha value is 0.0700. The van der Waals surface area contributed by atoms with Gasteiger partial charge in [-0.05, 0) is 34.6 Å². The van der Waals surface area contributed by atoms with Crippen LogP contribution in [0.1, 0.15) is 34.6 Å². The van der Waals surface area contributed by atoms with Crippen LogP contribution in [0.5, 0.6) is 0 Å². The van der Waals surface area contributed by atoms with Crippen molar-refractivity contribution in [1.82, 2.24) is 0 Å². The van der Waals surface area contributed by atoms with Gasteiger partial charge in [-0.1, -0.05) is 0 Å². The highest BCUT2D eigenvalue weighted by atomic mass is 32.2. The van der Waals surface area contributed by atoms with Crippen molar-refractivity contribution in [3.05, 3.63) is 0 Å². The van der Waals surface area contributed by atoms with E-state index in [0.29, 0.717) is 19.0 Å². The van der Waals surface area contributed by atoms with Crippen LogP contribution in [0.3, 0.4) is 0 Å². The third kappa shape index (κ3) is 5.73. The Kier molecular flexibility index (Phi) is 6.57. The molecule has 0 spiro atoms. The fourth-order valence-electron chi connectivity index (χ4n) is 0.890. The minimum absolute atomic E-state index is 0.202. The van der Waals surface area contributed by atoms with Gasteiger partial charge < -0.3 is 9.47 Å². The molecule has 0 aromatic rings. The fourth-order valence-corrected chi connectivity index (χ4v) is 1.83. The van der Waals surface area contributed by atoms with Crippen LogP contribution < -0.4 is 0 Å². The first-order valence-electron chi connectivity index (χ1n) is 5.03. The summed E-state index contributed by atoms with van der Waals surface area (Å²) in [5.41, 5.74) is 0. The Bertz CT molecular complexity index is 169. The van der Waals surface area contributed by atoms with E-state index in [1.807, 2.05) is 34.6 Å². The smallest absolute Gasteiger partial charge is 0.168 e. The molecule has 3 nitrogen and oxygen atoms in total. The maximum Gasteiger partial charge on any atom is 0.168 e. The van der Waals surface area contributed by atoms with Crippen LogP contribution in [-0.2, 0) is 20.3 Å². The van der Waals surface area contributed by atoms with Gasteiger partial charge in [0.25, 0.3) is 0 Å². The van der Waals surface area contributed by atoms with Gasteiger partial charge in [-0.15, -0.1) is 0 Å². The third-order valence-electron chi connectivity index (χ3n) is 1.68. The molecule has 0 radical (unpaired) electrons. The minimum atomic E-state index is -0.920. The molecular formula is C10H22O3S. The second kappa shape index (κ2) is 6.53. The summed E-state index contributed by atoms with van der Waals surface area (Å²) >= 11 is 0. The van der Waals surface area contributed by atoms with Gasteiger partial charge in [0.1, 0.15) is 0 Å². The zero-order valence-electron chi connectivity index (χ0n) is 9.83. The number of rotatable bonds is 6. The normalized spacial score (nSPS) is 14.7. The minimum Gasteiger partial charge on any atom is -0.352 e. The molecule has 0 aliphatic carbocycles. The summed E-state index contributed by atoms with van der Waals surface area (Å²) in [5, 5.41) is 0. The maximum atomic E-state index is 11.8. The standard InChI is InChI=1S/C10H22O3S/c1-6-12-9(13-7-2)8-14(11)10(3,4)5/h9H,6-8H2,1-5H3.